The summed E-state index contributed by atoms with van der Waals surface area (Å²) in [4.78, 5) is 12.2. The van der Waals surface area contributed by atoms with Crippen LogP contribution in [-0.4, -0.2) is 31.3 Å². The average molecular weight is 537 g/mol. The summed E-state index contributed by atoms with van der Waals surface area (Å²) in [5, 5.41) is 5.70. The van der Waals surface area contributed by atoms with Crippen LogP contribution in [-0.2, 0) is 0 Å². The van der Waals surface area contributed by atoms with Gasteiger partial charge in [-0.05, 0) is 48.0 Å². The van der Waals surface area contributed by atoms with E-state index in [1.165, 1.54) is 21.5 Å². The summed E-state index contributed by atoms with van der Waals surface area (Å²) in [6.07, 6.45) is 2.11. The van der Waals surface area contributed by atoms with Crippen LogP contribution in [0, 0.1) is 5.92 Å². The molecule has 6 rings (SSSR count). The van der Waals surface area contributed by atoms with Crippen LogP contribution in [0.4, 0.5) is 17.1 Å². The molecule has 0 spiro atoms. The molecule has 0 saturated carbocycles. The Labute approximate surface area is 232 Å². The summed E-state index contributed by atoms with van der Waals surface area (Å²) in [5.41, 5.74) is 7.72. The molecule has 1 aromatic heterocycles. The first-order chi connectivity index (χ1) is 18.6. The average Bonchev–Trinajstić information content (AvgIpc) is 3.30. The van der Waals surface area contributed by atoms with E-state index in [9.17, 15) is 0 Å². The minimum atomic E-state index is 0.0630. The van der Waals surface area contributed by atoms with E-state index in [1.807, 2.05) is 36.0 Å². The van der Waals surface area contributed by atoms with Crippen LogP contribution in [0.2, 0.25) is 5.02 Å². The summed E-state index contributed by atoms with van der Waals surface area (Å²) in [7, 11) is 4.15. The number of aromatic nitrogens is 1. The van der Waals surface area contributed by atoms with Crippen molar-refractivity contribution in [2.24, 2.45) is 10.9 Å². The Hall–Kier alpha value is -3.67. The van der Waals surface area contributed by atoms with Gasteiger partial charge in [0.1, 0.15) is 0 Å². The number of nitrogens with one attached hydrogen (secondary N) is 2. The zero-order valence-corrected chi connectivity index (χ0v) is 22.9. The van der Waals surface area contributed by atoms with Crippen molar-refractivity contribution in [2.75, 3.05) is 30.9 Å². The number of benzene rings is 4. The number of fused-ring (bicyclic) bond motifs is 2. The highest BCUT2D eigenvalue weighted by molar-refractivity contribution is 7.99. The second-order valence-corrected chi connectivity index (χ2v) is 11.3. The van der Waals surface area contributed by atoms with E-state index < -0.39 is 0 Å². The smallest absolute Gasteiger partial charge is 0.0769 e. The van der Waals surface area contributed by atoms with Gasteiger partial charge in [0.2, 0.25) is 0 Å². The molecule has 2 N–H and O–H groups in total. The Morgan fingerprint density at radius 1 is 0.895 bits per heavy atom. The van der Waals surface area contributed by atoms with Gasteiger partial charge in [-0.3, -0.25) is 4.99 Å². The van der Waals surface area contributed by atoms with Crippen molar-refractivity contribution in [3.05, 3.63) is 119 Å². The van der Waals surface area contributed by atoms with Gasteiger partial charge in [-0.15, -0.1) is 11.8 Å². The van der Waals surface area contributed by atoms with E-state index in [-0.39, 0.29) is 11.2 Å². The van der Waals surface area contributed by atoms with E-state index in [4.69, 9.17) is 16.6 Å². The number of hydrogen-bond donors (Lipinski definition) is 2. The van der Waals surface area contributed by atoms with E-state index >= 15 is 0 Å². The molecule has 2 atom stereocenters. The number of anilines is 2. The molecule has 1 aliphatic rings. The number of hydrogen-bond acceptors (Lipinski definition) is 4. The fourth-order valence-electron chi connectivity index (χ4n) is 5.06. The van der Waals surface area contributed by atoms with Crippen LogP contribution >= 0.6 is 23.4 Å². The molecular weight excluding hydrogens is 508 g/mol. The summed E-state index contributed by atoms with van der Waals surface area (Å²) in [6, 6.07) is 33.8. The van der Waals surface area contributed by atoms with Crippen LogP contribution in [0.1, 0.15) is 16.4 Å². The van der Waals surface area contributed by atoms with Gasteiger partial charge in [0.15, 0.2) is 0 Å². The molecule has 5 aromatic rings. The number of nitrogens with zero attached hydrogens (tertiary/aromatic N) is 2. The number of aromatic amines is 1. The summed E-state index contributed by atoms with van der Waals surface area (Å²) < 4.78 is 0. The van der Waals surface area contributed by atoms with Gasteiger partial charge in [-0.1, -0.05) is 66.2 Å². The lowest BCUT2D eigenvalue weighted by Crippen LogP contribution is -2.28. The Morgan fingerprint density at radius 2 is 1.63 bits per heavy atom. The Balaban J connectivity index is 1.51. The van der Waals surface area contributed by atoms with Crippen LogP contribution in [0.25, 0.3) is 10.9 Å². The molecule has 1 aliphatic heterocycles. The third-order valence-corrected chi connectivity index (χ3v) is 8.85. The first kappa shape index (κ1) is 24.7. The highest BCUT2D eigenvalue weighted by Crippen LogP contribution is 2.49. The predicted molar refractivity (Wildman–Crippen MR) is 164 cm³/mol. The first-order valence-electron chi connectivity index (χ1n) is 12.7. The lowest BCUT2D eigenvalue weighted by Gasteiger charge is -2.28. The van der Waals surface area contributed by atoms with E-state index in [0.717, 1.165) is 33.2 Å². The lowest BCUT2D eigenvalue weighted by atomic mass is 9.89. The maximum Gasteiger partial charge on any atom is 0.0769 e. The van der Waals surface area contributed by atoms with Gasteiger partial charge < -0.3 is 15.2 Å². The van der Waals surface area contributed by atoms with Crippen molar-refractivity contribution in [3.8, 4) is 0 Å². The molecule has 0 amide bonds. The standard InChI is InChI=1S/C32H29ClN4S/c1-37(2)22-17-15-21(16-18-22)32-25(20-35-28-12-6-4-10-26(28)33)31(36-29-13-7-8-14-30(29)38-32)24-19-34-27-11-5-3-9-23(24)27/h3-19,25,32,34-35H,20H2,1-2H3. The van der Waals surface area contributed by atoms with Crippen LogP contribution in [0.3, 0.4) is 0 Å². The second kappa shape index (κ2) is 10.6. The van der Waals surface area contributed by atoms with Gasteiger partial charge in [-0.25, -0.2) is 0 Å². The third-order valence-electron chi connectivity index (χ3n) is 7.07. The first-order valence-corrected chi connectivity index (χ1v) is 14.0. The van der Waals surface area contributed by atoms with Crippen molar-refractivity contribution in [3.63, 3.8) is 0 Å². The van der Waals surface area contributed by atoms with Gasteiger partial charge in [0, 0.05) is 65.1 Å². The van der Waals surface area contributed by atoms with Crippen LogP contribution in [0.5, 0.6) is 0 Å². The van der Waals surface area contributed by atoms with Gasteiger partial charge in [-0.2, -0.15) is 0 Å². The third kappa shape index (κ3) is 4.80. The predicted octanol–water partition coefficient (Wildman–Crippen LogP) is 8.58. The molecular formula is C32H29ClN4S. The molecule has 2 heterocycles. The van der Waals surface area contributed by atoms with Crippen molar-refractivity contribution in [1.29, 1.82) is 0 Å². The number of thioether (sulfide) groups is 1. The number of H-pyrrole nitrogens is 1. The molecule has 6 heteroatoms. The van der Waals surface area contributed by atoms with Crippen LogP contribution in [0.15, 0.2) is 113 Å². The van der Waals surface area contributed by atoms with E-state index in [1.54, 1.807) is 0 Å². The number of aliphatic imine (C=N–C) groups is 1. The van der Waals surface area contributed by atoms with Crippen LogP contribution < -0.4 is 10.2 Å². The fraction of sp³-hybridized carbons (Fsp3) is 0.156. The number of rotatable bonds is 6. The zero-order chi connectivity index (χ0) is 26.1. The molecule has 38 heavy (non-hydrogen) atoms. The van der Waals surface area contributed by atoms with Crippen molar-refractivity contribution >= 4 is 57.0 Å². The Morgan fingerprint density at radius 3 is 2.45 bits per heavy atom. The monoisotopic (exact) mass is 536 g/mol. The SMILES string of the molecule is CN(C)c1ccc(C2Sc3ccccc3N=C(c3c[nH]c4ccccc34)C2CNc2ccccc2Cl)cc1. The number of halogens is 1. The fourth-order valence-corrected chi connectivity index (χ4v) is 6.61. The minimum absolute atomic E-state index is 0.0630. The van der Waals surface area contributed by atoms with Gasteiger partial charge in [0.25, 0.3) is 0 Å². The molecule has 2 unspecified atom stereocenters. The lowest BCUT2D eigenvalue weighted by molar-refractivity contribution is 0.709. The topological polar surface area (TPSA) is 43.4 Å². The second-order valence-electron chi connectivity index (χ2n) is 9.70. The van der Waals surface area contributed by atoms with Gasteiger partial charge in [0.05, 0.1) is 22.1 Å². The Bertz CT molecular complexity index is 1610. The maximum atomic E-state index is 6.55. The number of para-hydroxylation sites is 3. The highest BCUT2D eigenvalue weighted by Gasteiger charge is 2.34. The van der Waals surface area contributed by atoms with E-state index in [2.05, 4.69) is 108 Å². The quantitative estimate of drug-likeness (QED) is 0.228. The molecule has 0 saturated heterocycles. The molecule has 0 fully saturated rings. The molecule has 0 aliphatic carbocycles. The molecule has 0 radical (unpaired) electrons. The summed E-state index contributed by atoms with van der Waals surface area (Å²) >= 11 is 8.44. The van der Waals surface area contributed by atoms with Crippen molar-refractivity contribution in [1.82, 2.24) is 4.98 Å². The zero-order valence-electron chi connectivity index (χ0n) is 21.4. The molecule has 190 valence electrons. The highest BCUT2D eigenvalue weighted by atomic mass is 35.5. The van der Waals surface area contributed by atoms with E-state index in [0.29, 0.717) is 6.54 Å². The van der Waals surface area contributed by atoms with Gasteiger partial charge >= 0.3 is 0 Å². The molecule has 0 bridgehead atoms. The Kier molecular flexibility index (Phi) is 6.88. The van der Waals surface area contributed by atoms with Crippen molar-refractivity contribution in [2.45, 2.75) is 10.1 Å². The molecule has 4 aromatic carbocycles. The molecule has 4 nitrogen and oxygen atoms in total. The minimum Gasteiger partial charge on any atom is -0.383 e. The summed E-state index contributed by atoms with van der Waals surface area (Å²) in [5.74, 6) is 0.0630. The summed E-state index contributed by atoms with van der Waals surface area (Å²) in [6.45, 7) is 0.684. The maximum absolute atomic E-state index is 6.55. The largest absolute Gasteiger partial charge is 0.383 e. The normalized spacial score (nSPS) is 17.0. The van der Waals surface area contributed by atoms with Crippen molar-refractivity contribution < 1.29 is 0 Å².